The molecule has 1 unspecified atom stereocenters. The Hall–Kier alpha value is -3.86. The first kappa shape index (κ1) is 22.3. The maximum atomic E-state index is 13.4. The normalized spacial score (nSPS) is 15.1. The molecule has 2 amide bonds. The molecule has 33 heavy (non-hydrogen) atoms. The summed E-state index contributed by atoms with van der Waals surface area (Å²) in [5.74, 6) is 0.581. The number of aryl methyl sites for hydroxylation is 1. The molecule has 0 saturated carbocycles. The Balaban J connectivity index is 1.59. The van der Waals surface area contributed by atoms with Crippen LogP contribution in [0, 0.1) is 6.92 Å². The van der Waals surface area contributed by atoms with E-state index < -0.39 is 0 Å². The summed E-state index contributed by atoms with van der Waals surface area (Å²) in [6, 6.07) is 23.0. The highest BCUT2D eigenvalue weighted by atomic mass is 16.5. The predicted molar refractivity (Wildman–Crippen MR) is 131 cm³/mol. The fourth-order valence-corrected chi connectivity index (χ4v) is 3.59. The lowest BCUT2D eigenvalue weighted by atomic mass is 10.1. The Bertz CT molecular complexity index is 1180. The first-order chi connectivity index (χ1) is 15.9. The van der Waals surface area contributed by atoms with Crippen LogP contribution < -0.4 is 15.0 Å². The van der Waals surface area contributed by atoms with E-state index in [1.54, 1.807) is 23.1 Å². The maximum absolute atomic E-state index is 13.4. The zero-order chi connectivity index (χ0) is 23.4. The van der Waals surface area contributed by atoms with Crippen LogP contribution in [0.1, 0.15) is 47.3 Å². The highest BCUT2D eigenvalue weighted by Gasteiger charge is 2.30. The molecule has 0 bridgehead atoms. The van der Waals surface area contributed by atoms with Gasteiger partial charge in [-0.25, -0.2) is 0 Å². The SMILES string of the molecule is CCC(C)NC(=O)c1ccc(C=C2Oc3ccccc3N(Cc3ccc(C)cc3)C2=O)cc1. The second-order valence-electron chi connectivity index (χ2n) is 8.36. The van der Waals surface area contributed by atoms with Crippen molar-refractivity contribution in [3.63, 3.8) is 0 Å². The van der Waals surface area contributed by atoms with Gasteiger partial charge in [-0.3, -0.25) is 14.5 Å². The Labute approximate surface area is 194 Å². The van der Waals surface area contributed by atoms with Crippen LogP contribution in [0.5, 0.6) is 5.75 Å². The molecule has 0 fully saturated rings. The smallest absolute Gasteiger partial charge is 0.294 e. The van der Waals surface area contributed by atoms with E-state index in [0.717, 1.165) is 23.2 Å². The van der Waals surface area contributed by atoms with Crippen LogP contribution >= 0.6 is 0 Å². The van der Waals surface area contributed by atoms with Gasteiger partial charge in [0.05, 0.1) is 12.2 Å². The molecule has 3 aromatic carbocycles. The highest BCUT2D eigenvalue weighted by Crippen LogP contribution is 2.36. The number of amides is 2. The van der Waals surface area contributed by atoms with Gasteiger partial charge in [0.15, 0.2) is 11.5 Å². The van der Waals surface area contributed by atoms with E-state index in [9.17, 15) is 9.59 Å². The molecule has 1 aliphatic heterocycles. The molecule has 1 heterocycles. The van der Waals surface area contributed by atoms with Crippen molar-refractivity contribution in [3.05, 3.63) is 101 Å². The number of nitrogens with one attached hydrogen (secondary N) is 1. The van der Waals surface area contributed by atoms with Gasteiger partial charge >= 0.3 is 0 Å². The van der Waals surface area contributed by atoms with Crippen molar-refractivity contribution in [1.29, 1.82) is 0 Å². The number of hydrogen-bond donors (Lipinski definition) is 1. The Morgan fingerprint density at radius 1 is 1.03 bits per heavy atom. The summed E-state index contributed by atoms with van der Waals surface area (Å²) in [5, 5.41) is 2.96. The van der Waals surface area contributed by atoms with Gasteiger partial charge in [-0.1, -0.05) is 61.0 Å². The van der Waals surface area contributed by atoms with Crippen molar-refractivity contribution in [3.8, 4) is 5.75 Å². The fraction of sp³-hybridized carbons (Fsp3) is 0.214. The molecule has 1 atom stereocenters. The van der Waals surface area contributed by atoms with E-state index in [-0.39, 0.29) is 23.6 Å². The van der Waals surface area contributed by atoms with E-state index in [2.05, 4.69) is 5.32 Å². The summed E-state index contributed by atoms with van der Waals surface area (Å²) >= 11 is 0. The number of carbonyl (C=O) groups excluding carboxylic acids is 2. The second kappa shape index (κ2) is 9.74. The monoisotopic (exact) mass is 440 g/mol. The molecule has 0 aromatic heterocycles. The molecular formula is C28H28N2O3. The molecule has 0 radical (unpaired) electrons. The van der Waals surface area contributed by atoms with Gasteiger partial charge in [0.2, 0.25) is 0 Å². The van der Waals surface area contributed by atoms with Crippen molar-refractivity contribution >= 4 is 23.6 Å². The number of fused-ring (bicyclic) bond motifs is 1. The second-order valence-corrected chi connectivity index (χ2v) is 8.36. The molecule has 5 heteroatoms. The third-order valence-electron chi connectivity index (χ3n) is 5.75. The number of carbonyl (C=O) groups is 2. The number of ether oxygens (including phenoxy) is 1. The lowest BCUT2D eigenvalue weighted by Gasteiger charge is -2.30. The van der Waals surface area contributed by atoms with E-state index in [0.29, 0.717) is 17.9 Å². The number of anilines is 1. The molecular weight excluding hydrogens is 412 g/mol. The third kappa shape index (κ3) is 5.14. The molecule has 168 valence electrons. The third-order valence-corrected chi connectivity index (χ3v) is 5.75. The van der Waals surface area contributed by atoms with Crippen LogP contribution in [0.25, 0.3) is 6.08 Å². The Morgan fingerprint density at radius 2 is 1.73 bits per heavy atom. The van der Waals surface area contributed by atoms with Crippen LogP contribution in [-0.4, -0.2) is 17.9 Å². The average molecular weight is 441 g/mol. The van der Waals surface area contributed by atoms with Crippen molar-refractivity contribution in [2.75, 3.05) is 4.90 Å². The standard InChI is InChI=1S/C28H28N2O3/c1-4-20(3)29-27(31)23-15-13-21(14-16-23)17-26-28(32)30(18-22-11-9-19(2)10-12-22)24-7-5-6-8-25(24)33-26/h5-17,20H,4,18H2,1-3H3,(H,29,31). The summed E-state index contributed by atoms with van der Waals surface area (Å²) in [6.45, 7) is 6.50. The van der Waals surface area contributed by atoms with Gasteiger partial charge in [0, 0.05) is 11.6 Å². The summed E-state index contributed by atoms with van der Waals surface area (Å²) in [6.07, 6.45) is 2.59. The van der Waals surface area contributed by atoms with Crippen LogP contribution in [0.3, 0.4) is 0 Å². The van der Waals surface area contributed by atoms with Crippen LogP contribution in [-0.2, 0) is 11.3 Å². The van der Waals surface area contributed by atoms with Gasteiger partial charge in [-0.15, -0.1) is 0 Å². The minimum atomic E-state index is -0.201. The number of benzene rings is 3. The number of para-hydroxylation sites is 2. The van der Waals surface area contributed by atoms with Crippen LogP contribution in [0.4, 0.5) is 5.69 Å². The summed E-state index contributed by atoms with van der Waals surface area (Å²) in [7, 11) is 0. The van der Waals surface area contributed by atoms with E-state index in [4.69, 9.17) is 4.74 Å². The largest absolute Gasteiger partial charge is 0.449 e. The zero-order valence-corrected chi connectivity index (χ0v) is 19.2. The van der Waals surface area contributed by atoms with Crippen molar-refractivity contribution in [2.24, 2.45) is 0 Å². The van der Waals surface area contributed by atoms with Crippen molar-refractivity contribution < 1.29 is 14.3 Å². The molecule has 4 rings (SSSR count). The number of rotatable bonds is 6. The maximum Gasteiger partial charge on any atom is 0.294 e. The van der Waals surface area contributed by atoms with E-state index in [1.807, 2.05) is 81.4 Å². The summed E-state index contributed by atoms with van der Waals surface area (Å²) in [4.78, 5) is 27.4. The minimum absolute atomic E-state index is 0.105. The topological polar surface area (TPSA) is 58.6 Å². The minimum Gasteiger partial charge on any atom is -0.449 e. The van der Waals surface area contributed by atoms with Crippen molar-refractivity contribution in [1.82, 2.24) is 5.32 Å². The lowest BCUT2D eigenvalue weighted by molar-refractivity contribution is -0.117. The Morgan fingerprint density at radius 3 is 2.42 bits per heavy atom. The first-order valence-electron chi connectivity index (χ1n) is 11.2. The van der Waals surface area contributed by atoms with E-state index in [1.165, 1.54) is 5.56 Å². The van der Waals surface area contributed by atoms with Gasteiger partial charge in [0.25, 0.3) is 11.8 Å². The molecule has 0 saturated heterocycles. The molecule has 3 aromatic rings. The molecule has 0 aliphatic carbocycles. The average Bonchev–Trinajstić information content (AvgIpc) is 2.83. The molecule has 1 aliphatic rings. The van der Waals surface area contributed by atoms with Crippen LogP contribution in [0.2, 0.25) is 0 Å². The van der Waals surface area contributed by atoms with Gasteiger partial charge in [0.1, 0.15) is 0 Å². The zero-order valence-electron chi connectivity index (χ0n) is 19.2. The summed E-state index contributed by atoms with van der Waals surface area (Å²) in [5.41, 5.74) is 4.33. The first-order valence-corrected chi connectivity index (χ1v) is 11.2. The summed E-state index contributed by atoms with van der Waals surface area (Å²) < 4.78 is 5.97. The van der Waals surface area contributed by atoms with Gasteiger partial charge < -0.3 is 10.1 Å². The predicted octanol–water partition coefficient (Wildman–Crippen LogP) is 5.49. The molecule has 0 spiro atoms. The fourth-order valence-electron chi connectivity index (χ4n) is 3.59. The Kier molecular flexibility index (Phi) is 6.59. The molecule has 5 nitrogen and oxygen atoms in total. The number of nitrogens with zero attached hydrogens (tertiary/aromatic N) is 1. The van der Waals surface area contributed by atoms with Crippen molar-refractivity contribution in [2.45, 2.75) is 39.8 Å². The number of hydrogen-bond acceptors (Lipinski definition) is 3. The quantitative estimate of drug-likeness (QED) is 0.516. The lowest BCUT2D eigenvalue weighted by Crippen LogP contribution is -2.36. The highest BCUT2D eigenvalue weighted by molar-refractivity contribution is 6.09. The van der Waals surface area contributed by atoms with Gasteiger partial charge in [-0.05, 0) is 61.7 Å². The molecule has 1 N–H and O–H groups in total. The van der Waals surface area contributed by atoms with E-state index >= 15 is 0 Å². The van der Waals surface area contributed by atoms with Crippen LogP contribution in [0.15, 0.2) is 78.6 Å². The van der Waals surface area contributed by atoms with Gasteiger partial charge in [-0.2, -0.15) is 0 Å².